The van der Waals surface area contributed by atoms with E-state index in [-0.39, 0.29) is 11.8 Å². The van der Waals surface area contributed by atoms with Gasteiger partial charge in [-0.25, -0.2) is 0 Å². The number of fused-ring (bicyclic) bond motifs is 2. The van der Waals surface area contributed by atoms with E-state index < -0.39 is 5.54 Å². The molecule has 0 aromatic heterocycles. The second kappa shape index (κ2) is 6.30. The van der Waals surface area contributed by atoms with Gasteiger partial charge in [0.15, 0.2) is 5.17 Å². The number of carbonyl (C=O) groups is 2. The standard InChI is InChI=1S/C19H21N5O2S/c25-16(11-13-12-27-18-20-7-10-24(13)18)23-8-5-19(6-9-23)17(26)21-14-3-1-2-4-15(14)22-19/h1-4,12,22H,5-11H2,(H,21,26). The van der Waals surface area contributed by atoms with Crippen LogP contribution in [-0.2, 0) is 9.59 Å². The second-order valence-electron chi connectivity index (χ2n) is 7.31. The van der Waals surface area contributed by atoms with Crippen molar-refractivity contribution in [3.05, 3.63) is 35.4 Å². The van der Waals surface area contributed by atoms with Crippen LogP contribution in [0.5, 0.6) is 0 Å². The summed E-state index contributed by atoms with van der Waals surface area (Å²) >= 11 is 1.60. The van der Waals surface area contributed by atoms with Crippen molar-refractivity contribution in [2.45, 2.75) is 24.8 Å². The Kier molecular flexibility index (Phi) is 3.89. The van der Waals surface area contributed by atoms with Gasteiger partial charge in [0.2, 0.25) is 11.8 Å². The predicted molar refractivity (Wildman–Crippen MR) is 107 cm³/mol. The zero-order valence-electron chi connectivity index (χ0n) is 14.9. The van der Waals surface area contributed by atoms with E-state index in [1.54, 1.807) is 11.8 Å². The lowest BCUT2D eigenvalue weighted by Gasteiger charge is -2.44. The molecule has 2 N–H and O–H groups in total. The van der Waals surface area contributed by atoms with Crippen LogP contribution in [0.4, 0.5) is 11.4 Å². The van der Waals surface area contributed by atoms with Crippen LogP contribution in [0.15, 0.2) is 40.4 Å². The topological polar surface area (TPSA) is 77.0 Å². The summed E-state index contributed by atoms with van der Waals surface area (Å²) in [6, 6.07) is 7.74. The number of benzene rings is 1. The molecular weight excluding hydrogens is 362 g/mol. The average molecular weight is 383 g/mol. The highest BCUT2D eigenvalue weighted by molar-refractivity contribution is 8.16. The molecule has 7 nitrogen and oxygen atoms in total. The number of piperidine rings is 1. The minimum absolute atomic E-state index is 0.00104. The number of likely N-dealkylation sites (tertiary alicyclic amines) is 1. The number of aliphatic imine (C=N–C) groups is 1. The summed E-state index contributed by atoms with van der Waals surface area (Å²) in [5, 5.41) is 9.50. The predicted octanol–water partition coefficient (Wildman–Crippen LogP) is 2.06. The Balaban J connectivity index is 1.23. The summed E-state index contributed by atoms with van der Waals surface area (Å²) in [7, 11) is 0. The van der Waals surface area contributed by atoms with Crippen molar-refractivity contribution >= 4 is 40.1 Å². The minimum Gasteiger partial charge on any atom is -0.369 e. The molecule has 4 aliphatic heterocycles. The number of nitrogens with one attached hydrogen (secondary N) is 2. The van der Waals surface area contributed by atoms with E-state index in [1.165, 1.54) is 0 Å². The monoisotopic (exact) mass is 383 g/mol. The molecule has 0 aliphatic carbocycles. The molecule has 140 valence electrons. The molecule has 27 heavy (non-hydrogen) atoms. The van der Waals surface area contributed by atoms with E-state index in [9.17, 15) is 9.59 Å². The highest BCUT2D eigenvalue weighted by Crippen LogP contribution is 2.37. The van der Waals surface area contributed by atoms with E-state index >= 15 is 0 Å². The maximum Gasteiger partial charge on any atom is 0.250 e. The Bertz CT molecular complexity index is 873. The quantitative estimate of drug-likeness (QED) is 0.818. The van der Waals surface area contributed by atoms with Crippen LogP contribution in [0.3, 0.4) is 0 Å². The van der Waals surface area contributed by atoms with Crippen molar-refractivity contribution in [3.63, 3.8) is 0 Å². The van der Waals surface area contributed by atoms with Crippen molar-refractivity contribution in [2.24, 2.45) is 4.99 Å². The molecular formula is C19H21N5O2S. The van der Waals surface area contributed by atoms with Gasteiger partial charge in [-0.05, 0) is 30.4 Å². The maximum atomic E-state index is 12.8. The fraction of sp³-hybridized carbons (Fsp3) is 0.421. The first-order valence-corrected chi connectivity index (χ1v) is 10.2. The molecule has 0 unspecified atom stereocenters. The van der Waals surface area contributed by atoms with Crippen LogP contribution in [0.25, 0.3) is 0 Å². The van der Waals surface area contributed by atoms with Crippen molar-refractivity contribution < 1.29 is 9.59 Å². The van der Waals surface area contributed by atoms with Gasteiger partial charge in [0.05, 0.1) is 24.3 Å². The fourth-order valence-electron chi connectivity index (χ4n) is 4.13. The van der Waals surface area contributed by atoms with Gasteiger partial charge in [0.1, 0.15) is 5.54 Å². The third-order valence-electron chi connectivity index (χ3n) is 5.73. The van der Waals surface area contributed by atoms with E-state index in [4.69, 9.17) is 0 Å². The number of amidine groups is 1. The lowest BCUT2D eigenvalue weighted by molar-refractivity contribution is -0.134. The molecule has 1 saturated heterocycles. The SMILES string of the molecule is O=C(CC1=CSC2=NCCN12)N1CCC2(CC1)Nc1ccccc1NC2=O. The summed E-state index contributed by atoms with van der Waals surface area (Å²) in [6.07, 6.45) is 1.63. The van der Waals surface area contributed by atoms with Crippen LogP contribution in [0, 0.1) is 0 Å². The zero-order chi connectivity index (χ0) is 18.4. The molecule has 2 amide bonds. The van der Waals surface area contributed by atoms with Crippen LogP contribution in [-0.4, -0.2) is 58.5 Å². The molecule has 1 aromatic carbocycles. The lowest BCUT2D eigenvalue weighted by Crippen LogP contribution is -2.59. The third-order valence-corrected chi connectivity index (χ3v) is 6.68. The Hall–Kier alpha value is -2.48. The molecule has 1 aromatic rings. The van der Waals surface area contributed by atoms with Gasteiger partial charge < -0.3 is 20.4 Å². The number of thioether (sulfide) groups is 1. The van der Waals surface area contributed by atoms with Crippen molar-refractivity contribution in [2.75, 3.05) is 36.8 Å². The largest absolute Gasteiger partial charge is 0.369 e. The number of amides is 2. The smallest absolute Gasteiger partial charge is 0.250 e. The number of hydrogen-bond donors (Lipinski definition) is 2. The number of nitrogens with zero attached hydrogens (tertiary/aromatic N) is 3. The number of hydrogen-bond acceptors (Lipinski definition) is 6. The van der Waals surface area contributed by atoms with E-state index in [0.717, 1.165) is 35.3 Å². The van der Waals surface area contributed by atoms with Crippen molar-refractivity contribution in [1.82, 2.24) is 9.80 Å². The summed E-state index contributed by atoms with van der Waals surface area (Å²) in [5.41, 5.74) is 2.19. The Morgan fingerprint density at radius 2 is 1.96 bits per heavy atom. The molecule has 0 bridgehead atoms. The third kappa shape index (κ3) is 2.79. The average Bonchev–Trinajstić information content (AvgIpc) is 3.28. The Morgan fingerprint density at radius 3 is 2.78 bits per heavy atom. The number of para-hydroxylation sites is 2. The molecule has 1 fully saturated rings. The van der Waals surface area contributed by atoms with Crippen molar-refractivity contribution in [3.8, 4) is 0 Å². The number of carbonyl (C=O) groups excluding carboxylic acids is 2. The molecule has 4 aliphatic rings. The van der Waals surface area contributed by atoms with Crippen molar-refractivity contribution in [1.29, 1.82) is 0 Å². The number of anilines is 2. The summed E-state index contributed by atoms with van der Waals surface area (Å²) in [4.78, 5) is 33.9. The minimum atomic E-state index is -0.623. The summed E-state index contributed by atoms with van der Waals surface area (Å²) in [6.45, 7) is 2.85. The van der Waals surface area contributed by atoms with Gasteiger partial charge >= 0.3 is 0 Å². The highest BCUT2D eigenvalue weighted by atomic mass is 32.2. The number of rotatable bonds is 2. The van der Waals surface area contributed by atoms with Gasteiger partial charge in [-0.3, -0.25) is 14.6 Å². The van der Waals surface area contributed by atoms with E-state index in [2.05, 4.69) is 20.5 Å². The Labute approximate surface area is 161 Å². The van der Waals surface area contributed by atoms with Crippen LogP contribution >= 0.6 is 11.8 Å². The Morgan fingerprint density at radius 1 is 1.19 bits per heavy atom. The first-order valence-electron chi connectivity index (χ1n) is 9.29. The summed E-state index contributed by atoms with van der Waals surface area (Å²) < 4.78 is 0. The maximum absolute atomic E-state index is 12.8. The first kappa shape index (κ1) is 16.7. The van der Waals surface area contributed by atoms with Gasteiger partial charge in [0, 0.05) is 25.3 Å². The van der Waals surface area contributed by atoms with Crippen LogP contribution in [0.1, 0.15) is 19.3 Å². The molecule has 0 saturated carbocycles. The van der Waals surface area contributed by atoms with Gasteiger partial charge in [0.25, 0.3) is 0 Å². The fourth-order valence-corrected chi connectivity index (χ4v) is 5.08. The van der Waals surface area contributed by atoms with E-state index in [1.807, 2.05) is 34.6 Å². The molecule has 0 radical (unpaired) electrons. The molecule has 0 atom stereocenters. The normalized spacial score (nSPS) is 22.6. The molecule has 4 heterocycles. The van der Waals surface area contributed by atoms with Crippen LogP contribution < -0.4 is 10.6 Å². The van der Waals surface area contributed by atoms with Gasteiger partial charge in [-0.15, -0.1) is 0 Å². The van der Waals surface area contributed by atoms with Gasteiger partial charge in [-0.1, -0.05) is 23.9 Å². The van der Waals surface area contributed by atoms with E-state index in [0.29, 0.717) is 32.4 Å². The first-order chi connectivity index (χ1) is 13.1. The summed E-state index contributed by atoms with van der Waals surface area (Å²) in [5.74, 6) is 0.127. The molecule has 1 spiro atoms. The molecule has 8 heteroatoms. The molecule has 5 rings (SSSR count). The highest BCUT2D eigenvalue weighted by Gasteiger charge is 2.45. The van der Waals surface area contributed by atoms with Crippen LogP contribution in [0.2, 0.25) is 0 Å². The second-order valence-corrected chi connectivity index (χ2v) is 8.14. The van der Waals surface area contributed by atoms with Gasteiger partial charge in [-0.2, -0.15) is 0 Å². The zero-order valence-corrected chi connectivity index (χ0v) is 15.7. The lowest BCUT2D eigenvalue weighted by atomic mass is 9.84.